The van der Waals surface area contributed by atoms with Crippen LogP contribution in [0.1, 0.15) is 18.9 Å². The Labute approximate surface area is 158 Å². The topological polar surface area (TPSA) is 67.2 Å². The molecular formula is C21H24N4O2. The third-order valence-electron chi connectivity index (χ3n) is 4.57. The molecule has 0 aliphatic rings. The Balaban J connectivity index is 1.53. The minimum absolute atomic E-state index is 0.0293. The van der Waals surface area contributed by atoms with E-state index in [9.17, 15) is 9.59 Å². The molecular weight excluding hydrogens is 340 g/mol. The molecule has 27 heavy (non-hydrogen) atoms. The number of para-hydroxylation sites is 3. The molecule has 1 heterocycles. The quantitative estimate of drug-likeness (QED) is 0.700. The van der Waals surface area contributed by atoms with Crippen molar-refractivity contribution < 1.29 is 9.59 Å². The zero-order valence-corrected chi connectivity index (χ0v) is 15.7. The maximum absolute atomic E-state index is 12.4. The Kier molecular flexibility index (Phi) is 5.86. The van der Waals surface area contributed by atoms with Crippen LogP contribution >= 0.6 is 0 Å². The van der Waals surface area contributed by atoms with Crippen LogP contribution in [0.25, 0.3) is 11.0 Å². The third kappa shape index (κ3) is 4.53. The lowest BCUT2D eigenvalue weighted by Gasteiger charge is -2.18. The molecule has 1 N–H and O–H groups in total. The summed E-state index contributed by atoms with van der Waals surface area (Å²) in [5, 5.41) is 2.89. The van der Waals surface area contributed by atoms with Crippen molar-refractivity contribution in [2.24, 2.45) is 0 Å². The van der Waals surface area contributed by atoms with Gasteiger partial charge in [-0.2, -0.15) is 0 Å². The molecule has 0 unspecified atom stereocenters. The molecule has 0 saturated carbocycles. The molecule has 0 spiro atoms. The summed E-state index contributed by atoms with van der Waals surface area (Å²) in [6, 6.07) is 15.5. The summed E-state index contributed by atoms with van der Waals surface area (Å²) in [4.78, 5) is 30.5. The number of aryl methyl sites for hydroxylation is 2. The van der Waals surface area contributed by atoms with E-state index in [-0.39, 0.29) is 18.4 Å². The lowest BCUT2D eigenvalue weighted by atomic mass is 10.1. The molecule has 3 aromatic rings. The van der Waals surface area contributed by atoms with Crippen LogP contribution in [0.15, 0.2) is 54.9 Å². The zero-order valence-electron chi connectivity index (χ0n) is 15.7. The van der Waals surface area contributed by atoms with E-state index >= 15 is 0 Å². The summed E-state index contributed by atoms with van der Waals surface area (Å²) in [7, 11) is 1.65. The summed E-state index contributed by atoms with van der Waals surface area (Å²) >= 11 is 0. The van der Waals surface area contributed by atoms with E-state index in [1.807, 2.05) is 60.0 Å². The molecule has 6 nitrogen and oxygen atoms in total. The normalized spacial score (nSPS) is 10.7. The summed E-state index contributed by atoms with van der Waals surface area (Å²) < 4.78 is 1.96. The van der Waals surface area contributed by atoms with E-state index in [0.29, 0.717) is 13.0 Å². The van der Waals surface area contributed by atoms with Crippen LogP contribution in [0.3, 0.4) is 0 Å². The van der Waals surface area contributed by atoms with E-state index in [1.165, 1.54) is 4.90 Å². The zero-order chi connectivity index (χ0) is 19.2. The number of amides is 2. The second-order valence-electron chi connectivity index (χ2n) is 6.49. The minimum Gasteiger partial charge on any atom is -0.336 e. The predicted molar refractivity (Wildman–Crippen MR) is 106 cm³/mol. The first-order valence-electron chi connectivity index (χ1n) is 9.10. The number of likely N-dealkylation sites (N-methyl/N-ethyl adjacent to an activating group) is 1. The fourth-order valence-corrected chi connectivity index (χ4v) is 3.04. The molecule has 140 valence electrons. The van der Waals surface area contributed by atoms with Crippen molar-refractivity contribution in [2.45, 2.75) is 26.3 Å². The maximum Gasteiger partial charge on any atom is 0.243 e. The lowest BCUT2D eigenvalue weighted by molar-refractivity contribution is -0.133. The number of hydrogen-bond acceptors (Lipinski definition) is 3. The second-order valence-corrected chi connectivity index (χ2v) is 6.49. The van der Waals surface area contributed by atoms with E-state index in [0.717, 1.165) is 28.7 Å². The molecule has 0 atom stereocenters. The van der Waals surface area contributed by atoms with Gasteiger partial charge in [-0.1, -0.05) is 37.3 Å². The van der Waals surface area contributed by atoms with Crippen LogP contribution in [0.2, 0.25) is 0 Å². The van der Waals surface area contributed by atoms with Gasteiger partial charge in [0.15, 0.2) is 0 Å². The molecule has 0 aliphatic carbocycles. The summed E-state index contributed by atoms with van der Waals surface area (Å²) in [6.45, 7) is 2.60. The number of carbonyl (C=O) groups is 2. The van der Waals surface area contributed by atoms with Gasteiger partial charge in [0, 0.05) is 25.7 Å². The van der Waals surface area contributed by atoms with Crippen molar-refractivity contribution in [3.05, 3.63) is 60.4 Å². The first-order valence-corrected chi connectivity index (χ1v) is 9.10. The predicted octanol–water partition coefficient (Wildman–Crippen LogP) is 3.09. The third-order valence-corrected chi connectivity index (χ3v) is 4.57. The smallest absolute Gasteiger partial charge is 0.243 e. The number of benzene rings is 2. The minimum atomic E-state index is -0.195. The van der Waals surface area contributed by atoms with E-state index in [1.54, 1.807) is 13.4 Å². The molecule has 1 aromatic heterocycles. The molecule has 0 radical (unpaired) electrons. The molecule has 2 aromatic carbocycles. The Hall–Kier alpha value is -3.15. The van der Waals surface area contributed by atoms with E-state index in [2.05, 4.69) is 10.3 Å². The molecule has 0 aliphatic heterocycles. The van der Waals surface area contributed by atoms with E-state index < -0.39 is 0 Å². The van der Waals surface area contributed by atoms with Crippen LogP contribution in [-0.4, -0.2) is 39.9 Å². The summed E-state index contributed by atoms with van der Waals surface area (Å²) in [6.07, 6.45) is 2.89. The Morgan fingerprint density at radius 1 is 1.11 bits per heavy atom. The highest BCUT2D eigenvalue weighted by atomic mass is 16.2. The fraction of sp³-hybridized carbons (Fsp3) is 0.286. The standard InChI is InChI=1S/C21H24N4O2/c1-3-16-8-4-5-9-17(16)23-20(26)14-24(2)21(27)12-13-25-15-22-18-10-6-7-11-19(18)25/h4-11,15H,3,12-14H2,1-2H3,(H,23,26). The van der Waals surface area contributed by atoms with Gasteiger partial charge in [0.05, 0.1) is 23.9 Å². The van der Waals surface area contributed by atoms with Crippen LogP contribution in [0.4, 0.5) is 5.69 Å². The highest BCUT2D eigenvalue weighted by Gasteiger charge is 2.14. The number of aromatic nitrogens is 2. The maximum atomic E-state index is 12.4. The van der Waals surface area contributed by atoms with Crippen molar-refractivity contribution >= 4 is 28.5 Å². The van der Waals surface area contributed by atoms with Gasteiger partial charge < -0.3 is 14.8 Å². The molecule has 2 amide bonds. The second kappa shape index (κ2) is 8.49. The van der Waals surface area contributed by atoms with Crippen LogP contribution in [-0.2, 0) is 22.6 Å². The van der Waals surface area contributed by atoms with Crippen LogP contribution in [0, 0.1) is 0 Å². The molecule has 0 saturated heterocycles. The van der Waals surface area contributed by atoms with Gasteiger partial charge in [-0.05, 0) is 30.2 Å². The number of fused-ring (bicyclic) bond motifs is 1. The van der Waals surface area contributed by atoms with Crippen molar-refractivity contribution in [3.8, 4) is 0 Å². The van der Waals surface area contributed by atoms with Gasteiger partial charge in [0.25, 0.3) is 0 Å². The molecule has 3 rings (SSSR count). The number of rotatable bonds is 7. The van der Waals surface area contributed by atoms with Gasteiger partial charge in [-0.3, -0.25) is 9.59 Å². The van der Waals surface area contributed by atoms with Gasteiger partial charge in [-0.15, -0.1) is 0 Å². The van der Waals surface area contributed by atoms with Crippen molar-refractivity contribution in [3.63, 3.8) is 0 Å². The molecule has 0 bridgehead atoms. The van der Waals surface area contributed by atoms with Gasteiger partial charge in [0.2, 0.25) is 11.8 Å². The van der Waals surface area contributed by atoms with Crippen molar-refractivity contribution in [1.29, 1.82) is 0 Å². The first-order chi connectivity index (χ1) is 13.1. The number of nitrogens with zero attached hydrogens (tertiary/aromatic N) is 3. The SMILES string of the molecule is CCc1ccccc1NC(=O)CN(C)C(=O)CCn1cnc2ccccc21. The Bertz CT molecular complexity index is 948. The lowest BCUT2D eigenvalue weighted by Crippen LogP contribution is -2.35. The fourth-order valence-electron chi connectivity index (χ4n) is 3.04. The highest BCUT2D eigenvalue weighted by molar-refractivity contribution is 5.95. The molecule has 6 heteroatoms. The number of anilines is 1. The Morgan fingerprint density at radius 2 is 1.85 bits per heavy atom. The van der Waals surface area contributed by atoms with E-state index in [4.69, 9.17) is 0 Å². The highest BCUT2D eigenvalue weighted by Crippen LogP contribution is 2.15. The van der Waals surface area contributed by atoms with Gasteiger partial charge >= 0.3 is 0 Å². The first kappa shape index (κ1) is 18.6. The number of imidazole rings is 1. The van der Waals surface area contributed by atoms with Crippen LogP contribution < -0.4 is 5.32 Å². The number of hydrogen-bond donors (Lipinski definition) is 1. The largest absolute Gasteiger partial charge is 0.336 e. The number of carbonyl (C=O) groups excluding carboxylic acids is 2. The average molecular weight is 364 g/mol. The summed E-state index contributed by atoms with van der Waals surface area (Å²) in [5.74, 6) is -0.272. The monoisotopic (exact) mass is 364 g/mol. The molecule has 0 fully saturated rings. The van der Waals surface area contributed by atoms with Crippen molar-refractivity contribution in [1.82, 2.24) is 14.5 Å². The van der Waals surface area contributed by atoms with Gasteiger partial charge in [0.1, 0.15) is 0 Å². The number of nitrogens with one attached hydrogen (secondary N) is 1. The Morgan fingerprint density at radius 3 is 2.67 bits per heavy atom. The van der Waals surface area contributed by atoms with Crippen LogP contribution in [0.5, 0.6) is 0 Å². The average Bonchev–Trinajstić information content (AvgIpc) is 3.09. The van der Waals surface area contributed by atoms with Crippen molar-refractivity contribution in [2.75, 3.05) is 18.9 Å². The summed E-state index contributed by atoms with van der Waals surface area (Å²) in [5.41, 5.74) is 3.79. The van der Waals surface area contributed by atoms with Gasteiger partial charge in [-0.25, -0.2) is 4.98 Å².